The molecule has 2 aromatic carbocycles. The average Bonchev–Trinajstić information content (AvgIpc) is 2.54. The SMILES string of the molecule is CCNCc1ccccc1NC(=O)c1ccc(C(C)C)cc1.Cl. The van der Waals surface area contributed by atoms with Crippen molar-refractivity contribution in [2.45, 2.75) is 33.2 Å². The van der Waals surface area contributed by atoms with Crippen LogP contribution >= 0.6 is 12.4 Å². The molecule has 0 saturated heterocycles. The van der Waals surface area contributed by atoms with Crippen molar-refractivity contribution in [3.63, 3.8) is 0 Å². The molecule has 23 heavy (non-hydrogen) atoms. The molecule has 0 unspecified atom stereocenters. The van der Waals surface area contributed by atoms with E-state index in [0.29, 0.717) is 11.5 Å². The first-order valence-electron chi connectivity index (χ1n) is 7.81. The second-order valence-corrected chi connectivity index (χ2v) is 5.67. The van der Waals surface area contributed by atoms with Gasteiger partial charge in [-0.2, -0.15) is 0 Å². The molecule has 3 nitrogen and oxygen atoms in total. The summed E-state index contributed by atoms with van der Waals surface area (Å²) in [5, 5.41) is 6.29. The predicted molar refractivity (Wildman–Crippen MR) is 99.6 cm³/mol. The number of amides is 1. The normalized spacial score (nSPS) is 10.3. The van der Waals surface area contributed by atoms with Gasteiger partial charge in [0.15, 0.2) is 0 Å². The Morgan fingerprint density at radius 1 is 1.04 bits per heavy atom. The highest BCUT2D eigenvalue weighted by atomic mass is 35.5. The molecule has 2 rings (SSSR count). The molecule has 0 heterocycles. The van der Waals surface area contributed by atoms with E-state index in [1.807, 2.05) is 48.5 Å². The van der Waals surface area contributed by atoms with Crippen molar-refractivity contribution in [2.75, 3.05) is 11.9 Å². The number of hydrogen-bond acceptors (Lipinski definition) is 2. The number of rotatable bonds is 6. The minimum Gasteiger partial charge on any atom is -0.322 e. The maximum Gasteiger partial charge on any atom is 0.255 e. The summed E-state index contributed by atoms with van der Waals surface area (Å²) in [5.41, 5.74) is 3.88. The van der Waals surface area contributed by atoms with Crippen LogP contribution in [0.2, 0.25) is 0 Å². The van der Waals surface area contributed by atoms with Gasteiger partial charge >= 0.3 is 0 Å². The molecule has 1 amide bonds. The third-order valence-electron chi connectivity index (χ3n) is 3.67. The Bertz CT molecular complexity index is 624. The summed E-state index contributed by atoms with van der Waals surface area (Å²) in [5.74, 6) is 0.400. The van der Waals surface area contributed by atoms with Gasteiger partial charge in [0, 0.05) is 17.8 Å². The van der Waals surface area contributed by atoms with Gasteiger partial charge < -0.3 is 10.6 Å². The van der Waals surface area contributed by atoms with Crippen LogP contribution in [0.5, 0.6) is 0 Å². The number of benzene rings is 2. The summed E-state index contributed by atoms with van der Waals surface area (Å²) in [6, 6.07) is 15.7. The third kappa shape index (κ3) is 5.38. The summed E-state index contributed by atoms with van der Waals surface area (Å²) < 4.78 is 0. The molecular weight excluding hydrogens is 308 g/mol. The Labute approximate surface area is 144 Å². The van der Waals surface area contributed by atoms with E-state index >= 15 is 0 Å². The van der Waals surface area contributed by atoms with Gasteiger partial charge in [-0.25, -0.2) is 0 Å². The van der Waals surface area contributed by atoms with Crippen LogP contribution in [-0.2, 0) is 6.54 Å². The average molecular weight is 333 g/mol. The van der Waals surface area contributed by atoms with E-state index in [9.17, 15) is 4.79 Å². The molecule has 0 saturated carbocycles. The van der Waals surface area contributed by atoms with Crippen LogP contribution in [0.15, 0.2) is 48.5 Å². The van der Waals surface area contributed by atoms with Gasteiger partial charge in [-0.1, -0.05) is 51.1 Å². The van der Waals surface area contributed by atoms with Crippen molar-refractivity contribution in [3.8, 4) is 0 Å². The fraction of sp³-hybridized carbons (Fsp3) is 0.316. The Balaban J connectivity index is 0.00000264. The molecular formula is C19H25ClN2O. The smallest absolute Gasteiger partial charge is 0.255 e. The molecule has 0 spiro atoms. The lowest BCUT2D eigenvalue weighted by molar-refractivity contribution is 0.102. The fourth-order valence-electron chi connectivity index (χ4n) is 2.27. The molecule has 0 fully saturated rings. The van der Waals surface area contributed by atoms with Crippen LogP contribution in [0.1, 0.15) is 48.2 Å². The lowest BCUT2D eigenvalue weighted by atomic mass is 10.0. The van der Waals surface area contributed by atoms with Crippen LogP contribution in [0.25, 0.3) is 0 Å². The van der Waals surface area contributed by atoms with Gasteiger partial charge in [-0.05, 0) is 41.8 Å². The lowest BCUT2D eigenvalue weighted by Crippen LogP contribution is -2.17. The zero-order valence-electron chi connectivity index (χ0n) is 13.9. The Morgan fingerprint density at radius 2 is 1.70 bits per heavy atom. The van der Waals surface area contributed by atoms with E-state index in [1.165, 1.54) is 5.56 Å². The predicted octanol–water partition coefficient (Wildman–Crippen LogP) is 4.59. The summed E-state index contributed by atoms with van der Waals surface area (Å²) >= 11 is 0. The van der Waals surface area contributed by atoms with E-state index in [0.717, 1.165) is 24.3 Å². The zero-order chi connectivity index (χ0) is 15.9. The summed E-state index contributed by atoms with van der Waals surface area (Å²) in [7, 11) is 0. The Kier molecular flexibility index (Phi) is 7.79. The van der Waals surface area contributed by atoms with Crippen molar-refractivity contribution < 1.29 is 4.79 Å². The number of anilines is 1. The van der Waals surface area contributed by atoms with Gasteiger partial charge in [-0.3, -0.25) is 4.79 Å². The molecule has 0 bridgehead atoms. The second-order valence-electron chi connectivity index (χ2n) is 5.67. The van der Waals surface area contributed by atoms with Crippen molar-refractivity contribution in [3.05, 3.63) is 65.2 Å². The van der Waals surface area contributed by atoms with E-state index in [4.69, 9.17) is 0 Å². The maximum absolute atomic E-state index is 12.4. The highest BCUT2D eigenvalue weighted by Gasteiger charge is 2.09. The monoisotopic (exact) mass is 332 g/mol. The van der Waals surface area contributed by atoms with Gasteiger partial charge in [0.25, 0.3) is 5.91 Å². The topological polar surface area (TPSA) is 41.1 Å². The number of carbonyl (C=O) groups is 1. The third-order valence-corrected chi connectivity index (χ3v) is 3.67. The first kappa shape index (κ1) is 19.2. The van der Waals surface area contributed by atoms with E-state index in [2.05, 4.69) is 31.4 Å². The van der Waals surface area contributed by atoms with E-state index in [1.54, 1.807) is 0 Å². The number of halogens is 1. The van der Waals surface area contributed by atoms with E-state index < -0.39 is 0 Å². The Hall–Kier alpha value is -1.84. The maximum atomic E-state index is 12.4. The van der Waals surface area contributed by atoms with Gasteiger partial charge in [0.2, 0.25) is 0 Å². The van der Waals surface area contributed by atoms with Crippen LogP contribution in [-0.4, -0.2) is 12.5 Å². The standard InChI is InChI=1S/C19H24N2O.ClH/c1-4-20-13-17-7-5-6-8-18(17)21-19(22)16-11-9-15(10-12-16)14(2)3;/h5-12,14,20H,4,13H2,1-3H3,(H,21,22);1H. The minimum absolute atomic E-state index is 0. The first-order chi connectivity index (χ1) is 10.6. The Morgan fingerprint density at radius 3 is 2.30 bits per heavy atom. The molecule has 0 aliphatic heterocycles. The van der Waals surface area contributed by atoms with E-state index in [-0.39, 0.29) is 18.3 Å². The molecule has 2 aromatic rings. The first-order valence-corrected chi connectivity index (χ1v) is 7.81. The summed E-state index contributed by atoms with van der Waals surface area (Å²) in [4.78, 5) is 12.4. The summed E-state index contributed by atoms with van der Waals surface area (Å²) in [6.45, 7) is 8.01. The van der Waals surface area contributed by atoms with Crippen LogP contribution in [0, 0.1) is 0 Å². The highest BCUT2D eigenvalue weighted by Crippen LogP contribution is 2.18. The molecule has 0 aromatic heterocycles. The lowest BCUT2D eigenvalue weighted by Gasteiger charge is -2.12. The summed E-state index contributed by atoms with van der Waals surface area (Å²) in [6.07, 6.45) is 0. The molecule has 4 heteroatoms. The number of para-hydroxylation sites is 1. The van der Waals surface area contributed by atoms with Crippen molar-refractivity contribution in [2.24, 2.45) is 0 Å². The molecule has 0 aliphatic carbocycles. The van der Waals surface area contributed by atoms with Gasteiger partial charge in [0.1, 0.15) is 0 Å². The quantitative estimate of drug-likeness (QED) is 0.812. The molecule has 124 valence electrons. The number of hydrogen-bond donors (Lipinski definition) is 2. The molecule has 0 aliphatic rings. The fourth-order valence-corrected chi connectivity index (χ4v) is 2.27. The highest BCUT2D eigenvalue weighted by molar-refractivity contribution is 6.04. The van der Waals surface area contributed by atoms with Gasteiger partial charge in [-0.15, -0.1) is 12.4 Å². The van der Waals surface area contributed by atoms with Crippen molar-refractivity contribution in [1.82, 2.24) is 5.32 Å². The number of carbonyl (C=O) groups excluding carboxylic acids is 1. The van der Waals surface area contributed by atoms with Crippen LogP contribution < -0.4 is 10.6 Å². The van der Waals surface area contributed by atoms with Crippen molar-refractivity contribution in [1.29, 1.82) is 0 Å². The molecule has 0 radical (unpaired) electrons. The molecule has 0 atom stereocenters. The van der Waals surface area contributed by atoms with Crippen LogP contribution in [0.4, 0.5) is 5.69 Å². The van der Waals surface area contributed by atoms with Gasteiger partial charge in [0.05, 0.1) is 0 Å². The van der Waals surface area contributed by atoms with Crippen LogP contribution in [0.3, 0.4) is 0 Å². The minimum atomic E-state index is -0.0701. The largest absolute Gasteiger partial charge is 0.322 e. The number of nitrogens with one attached hydrogen (secondary N) is 2. The molecule has 2 N–H and O–H groups in total. The van der Waals surface area contributed by atoms with Crippen molar-refractivity contribution >= 4 is 24.0 Å². The second kappa shape index (κ2) is 9.33. The zero-order valence-corrected chi connectivity index (χ0v) is 14.7.